The summed E-state index contributed by atoms with van der Waals surface area (Å²) in [5.41, 5.74) is 13.4. The number of hydrogen-bond acceptors (Lipinski definition) is 8. The van der Waals surface area contributed by atoms with Gasteiger partial charge in [-0.1, -0.05) is 96.2 Å². The summed E-state index contributed by atoms with van der Waals surface area (Å²) in [6.07, 6.45) is 17.0. The van der Waals surface area contributed by atoms with E-state index in [1.165, 1.54) is 19.5 Å². The van der Waals surface area contributed by atoms with Gasteiger partial charge >= 0.3 is 0 Å². The van der Waals surface area contributed by atoms with Gasteiger partial charge in [0.1, 0.15) is 11.4 Å². The number of para-hydroxylation sites is 1. The second kappa shape index (κ2) is 14.0. The Hall–Kier alpha value is -7.59. The third-order valence-corrected chi connectivity index (χ3v) is 14.6. The molecule has 0 fully saturated rings. The Kier molecular flexibility index (Phi) is 7.94. The third-order valence-electron chi connectivity index (χ3n) is 12.2. The maximum atomic E-state index is 5.54. The van der Waals surface area contributed by atoms with Gasteiger partial charge in [0.25, 0.3) is 0 Å². The Morgan fingerprint density at radius 3 is 2.24 bits per heavy atom. The van der Waals surface area contributed by atoms with Gasteiger partial charge in [-0.25, -0.2) is 9.61 Å². The van der Waals surface area contributed by atoms with Gasteiger partial charge in [0, 0.05) is 99.7 Å². The zero-order chi connectivity index (χ0) is 40.7. The van der Waals surface area contributed by atoms with Crippen LogP contribution in [0.2, 0.25) is 0 Å². The third kappa shape index (κ3) is 5.52. The maximum absolute atomic E-state index is 5.54. The van der Waals surface area contributed by atoms with Crippen molar-refractivity contribution >= 4 is 85.0 Å². The molecule has 5 aromatic carbocycles. The van der Waals surface area contributed by atoms with Crippen LogP contribution in [0.1, 0.15) is 18.0 Å². The summed E-state index contributed by atoms with van der Waals surface area (Å²) in [5, 5.41) is 14.6. The molecule has 7 aromatic heterocycles. The van der Waals surface area contributed by atoms with Crippen molar-refractivity contribution < 1.29 is 4.63 Å². The maximum Gasteiger partial charge on any atom is 0.138 e. The lowest BCUT2D eigenvalue weighted by molar-refractivity contribution is 0.303. The number of thiophene rings is 2. The minimum Gasteiger partial charge on any atom is -0.309 e. The highest BCUT2D eigenvalue weighted by Crippen LogP contribution is 2.46. The van der Waals surface area contributed by atoms with E-state index in [-0.39, 0.29) is 5.92 Å². The number of fused-ring (bicyclic) bond motifs is 9. The molecule has 7 nitrogen and oxygen atoms in total. The second-order valence-corrected chi connectivity index (χ2v) is 17.8. The summed E-state index contributed by atoms with van der Waals surface area (Å²) in [6, 6.07) is 45.9. The highest BCUT2D eigenvalue weighted by Gasteiger charge is 2.23. The Bertz CT molecular complexity index is 3780. The highest BCUT2D eigenvalue weighted by atomic mass is 32.1. The number of hydrogen-bond donors (Lipinski definition) is 0. The molecule has 1 atom stereocenters. The van der Waals surface area contributed by atoms with E-state index >= 15 is 0 Å². The van der Waals surface area contributed by atoms with Crippen molar-refractivity contribution in [3.63, 3.8) is 0 Å². The molecule has 12 aromatic rings. The molecule has 7 heterocycles. The van der Waals surface area contributed by atoms with Crippen LogP contribution in [0, 0.1) is 0 Å². The largest absolute Gasteiger partial charge is 0.309 e. The van der Waals surface area contributed by atoms with Gasteiger partial charge in [0.05, 0.1) is 26.9 Å². The van der Waals surface area contributed by atoms with Gasteiger partial charge in [-0.15, -0.1) is 22.7 Å². The van der Waals surface area contributed by atoms with Crippen LogP contribution in [-0.2, 0) is 0 Å². The number of aromatic nitrogens is 6. The van der Waals surface area contributed by atoms with E-state index in [4.69, 9.17) is 9.61 Å². The monoisotopic (exact) mass is 832 g/mol. The lowest BCUT2D eigenvalue weighted by atomic mass is 9.92. The van der Waals surface area contributed by atoms with Gasteiger partial charge in [-0.05, 0) is 83.4 Å². The van der Waals surface area contributed by atoms with Crippen LogP contribution >= 0.6 is 22.7 Å². The summed E-state index contributed by atoms with van der Waals surface area (Å²) in [6.45, 7) is 0. The molecule has 62 heavy (non-hydrogen) atoms. The van der Waals surface area contributed by atoms with E-state index in [9.17, 15) is 0 Å². The van der Waals surface area contributed by atoms with E-state index in [0.717, 1.165) is 105 Å². The minimum absolute atomic E-state index is 0.110. The molecule has 292 valence electrons. The molecule has 1 unspecified atom stereocenters. The zero-order valence-electron chi connectivity index (χ0n) is 32.9. The van der Waals surface area contributed by atoms with Gasteiger partial charge in [-0.2, -0.15) is 0 Å². The quantitative estimate of drug-likeness (QED) is 0.166. The van der Waals surface area contributed by atoms with Gasteiger partial charge in [-0.3, -0.25) is 9.97 Å². The Morgan fingerprint density at radius 2 is 1.32 bits per heavy atom. The first-order chi connectivity index (χ1) is 30.7. The van der Waals surface area contributed by atoms with E-state index in [0.29, 0.717) is 0 Å². The first kappa shape index (κ1) is 35.2. The fourth-order valence-corrected chi connectivity index (χ4v) is 11.7. The standard InChI is InChI=1S/C53H32N6OS2/c1-2-10-31(11-3-1)49-50(58-60-57-49)34-14-8-12-32(24-34)39-26-35(27-41-43-30-55-23-21-48(43)61-52(39)41)44-28-40(53-51(56-44)38-17-5-7-19-47(38)62-53)33-13-9-15-36(25-33)59-45-18-6-4-16-37(45)42-29-54-22-20-46(42)59/h1-10,12-31H,11H2. The van der Waals surface area contributed by atoms with Crippen LogP contribution in [0.3, 0.4) is 0 Å². The normalized spacial score (nSPS) is 14.1. The molecule has 1 aliphatic rings. The van der Waals surface area contributed by atoms with Crippen LogP contribution in [0.15, 0.2) is 181 Å². The van der Waals surface area contributed by atoms with Gasteiger partial charge in [0.2, 0.25) is 0 Å². The first-order valence-electron chi connectivity index (χ1n) is 20.6. The molecule has 1 aliphatic carbocycles. The van der Waals surface area contributed by atoms with Crippen molar-refractivity contribution in [2.75, 3.05) is 0 Å². The molecule has 0 spiro atoms. The Balaban J connectivity index is 1.03. The van der Waals surface area contributed by atoms with Crippen LogP contribution in [-0.4, -0.2) is 29.8 Å². The molecular formula is C53H32N6OS2. The lowest BCUT2D eigenvalue weighted by Gasteiger charge is -2.14. The van der Waals surface area contributed by atoms with Crippen LogP contribution < -0.4 is 0 Å². The molecule has 9 heteroatoms. The lowest BCUT2D eigenvalue weighted by Crippen LogP contribution is -1.99. The van der Waals surface area contributed by atoms with E-state index in [1.807, 2.05) is 24.8 Å². The van der Waals surface area contributed by atoms with Crippen molar-refractivity contribution in [3.05, 3.63) is 182 Å². The molecule has 0 saturated carbocycles. The van der Waals surface area contributed by atoms with E-state index < -0.39 is 0 Å². The average Bonchev–Trinajstić information content (AvgIpc) is 4.14. The topological polar surface area (TPSA) is 82.5 Å². The average molecular weight is 833 g/mol. The predicted octanol–water partition coefficient (Wildman–Crippen LogP) is 14.4. The number of nitrogens with zero attached hydrogens (tertiary/aromatic N) is 6. The van der Waals surface area contributed by atoms with Crippen molar-refractivity contribution in [2.45, 2.75) is 12.3 Å². The first-order valence-corrected chi connectivity index (χ1v) is 22.2. The fraction of sp³-hybridized carbons (Fsp3) is 0.0377. The number of pyridine rings is 3. The summed E-state index contributed by atoms with van der Waals surface area (Å²) in [5.74, 6) is 0.110. The number of allylic oxidation sites excluding steroid dienone is 4. The van der Waals surface area contributed by atoms with Crippen molar-refractivity contribution in [3.8, 4) is 50.5 Å². The Labute approximate surface area is 362 Å². The molecular weight excluding hydrogens is 801 g/mol. The molecule has 0 aliphatic heterocycles. The van der Waals surface area contributed by atoms with Crippen molar-refractivity contribution in [1.29, 1.82) is 0 Å². The summed E-state index contributed by atoms with van der Waals surface area (Å²) >= 11 is 3.60. The molecule has 0 radical (unpaired) electrons. The van der Waals surface area contributed by atoms with E-state index in [2.05, 4.69) is 177 Å². The summed E-state index contributed by atoms with van der Waals surface area (Å²) in [4.78, 5) is 14.6. The second-order valence-electron chi connectivity index (χ2n) is 15.7. The molecule has 0 bridgehead atoms. The van der Waals surface area contributed by atoms with Crippen LogP contribution in [0.4, 0.5) is 0 Å². The smallest absolute Gasteiger partial charge is 0.138 e. The molecule has 0 amide bonds. The molecule has 0 saturated heterocycles. The van der Waals surface area contributed by atoms with Gasteiger partial charge in [0.15, 0.2) is 0 Å². The fourth-order valence-electron chi connectivity index (χ4n) is 9.29. The minimum atomic E-state index is 0.110. The zero-order valence-corrected chi connectivity index (χ0v) is 34.6. The van der Waals surface area contributed by atoms with Crippen molar-refractivity contribution in [1.82, 2.24) is 29.8 Å². The van der Waals surface area contributed by atoms with Crippen LogP contribution in [0.25, 0.3) is 113 Å². The predicted molar refractivity (Wildman–Crippen MR) is 255 cm³/mol. The summed E-state index contributed by atoms with van der Waals surface area (Å²) < 4.78 is 12.5. The summed E-state index contributed by atoms with van der Waals surface area (Å²) in [7, 11) is 0. The molecule has 13 rings (SSSR count). The van der Waals surface area contributed by atoms with E-state index in [1.54, 1.807) is 22.7 Å². The van der Waals surface area contributed by atoms with Gasteiger partial charge < -0.3 is 4.57 Å². The number of benzene rings is 5. The van der Waals surface area contributed by atoms with Crippen molar-refractivity contribution in [2.24, 2.45) is 0 Å². The van der Waals surface area contributed by atoms with Crippen LogP contribution in [0.5, 0.6) is 0 Å². The highest BCUT2D eigenvalue weighted by molar-refractivity contribution is 7.26. The molecule has 0 N–H and O–H groups in total. The SMILES string of the molecule is C1=CCC(c2nonc2-c2cccc(-c3cc(-c4cc(-c5cccc(-n6c7ccccc7c7cnccc76)c5)c5sc6ccccc6c5n4)cc4c3sc3ccncc34)c2)C=C1. The number of rotatable bonds is 6. The Morgan fingerprint density at radius 1 is 0.565 bits per heavy atom.